The number of anilines is 1. The van der Waals surface area contributed by atoms with Gasteiger partial charge in [0.25, 0.3) is 5.69 Å². The first-order valence-electron chi connectivity index (χ1n) is 8.78. The van der Waals surface area contributed by atoms with Crippen molar-refractivity contribution >= 4 is 32.5 Å². The van der Waals surface area contributed by atoms with E-state index in [0.29, 0.717) is 25.4 Å². The van der Waals surface area contributed by atoms with Gasteiger partial charge in [0.15, 0.2) is 9.84 Å². The van der Waals surface area contributed by atoms with Crippen molar-refractivity contribution in [3.63, 3.8) is 0 Å². The number of hydrogen-bond donors (Lipinski definition) is 0. The Bertz CT molecular complexity index is 995. The molecule has 0 saturated carbocycles. The van der Waals surface area contributed by atoms with Gasteiger partial charge in [0, 0.05) is 35.3 Å². The van der Waals surface area contributed by atoms with E-state index in [-0.39, 0.29) is 16.4 Å². The lowest BCUT2D eigenvalue weighted by Gasteiger charge is -2.33. The third kappa shape index (κ3) is 4.34. The third-order valence-corrected chi connectivity index (χ3v) is 6.60. The topological polar surface area (TPSA) is 103 Å². The maximum absolute atomic E-state index is 12.0. The summed E-state index contributed by atoms with van der Waals surface area (Å²) in [4.78, 5) is 16.9. The molecule has 1 unspecified atom stereocenters. The van der Waals surface area contributed by atoms with E-state index in [4.69, 9.17) is 9.72 Å². The summed E-state index contributed by atoms with van der Waals surface area (Å²) in [7, 11) is -3.73. The average Bonchev–Trinajstić information content (AvgIpc) is 3.11. The molecule has 1 aliphatic rings. The van der Waals surface area contributed by atoms with Crippen LogP contribution in [-0.2, 0) is 20.0 Å². The van der Waals surface area contributed by atoms with Crippen LogP contribution in [0.15, 0.2) is 28.5 Å². The molecule has 1 fully saturated rings. The molecule has 0 amide bonds. The molecule has 2 aromatic rings. The number of benzene rings is 1. The first-order chi connectivity index (χ1) is 13.0. The van der Waals surface area contributed by atoms with Gasteiger partial charge in [-0.15, -0.1) is 11.3 Å². The summed E-state index contributed by atoms with van der Waals surface area (Å²) in [6.45, 7) is 7.82. The fraction of sp³-hybridized carbons (Fsp3) is 0.500. The van der Waals surface area contributed by atoms with E-state index < -0.39 is 20.4 Å². The van der Waals surface area contributed by atoms with Crippen molar-refractivity contribution in [3.05, 3.63) is 44.4 Å². The lowest BCUT2D eigenvalue weighted by Crippen LogP contribution is -2.38. The molecule has 28 heavy (non-hydrogen) atoms. The number of morpholine rings is 1. The molecule has 8 nitrogen and oxygen atoms in total. The third-order valence-electron chi connectivity index (χ3n) is 4.54. The van der Waals surface area contributed by atoms with Gasteiger partial charge >= 0.3 is 0 Å². The van der Waals surface area contributed by atoms with E-state index in [0.717, 1.165) is 17.0 Å². The summed E-state index contributed by atoms with van der Waals surface area (Å²) in [6.07, 6.45) is 0.747. The van der Waals surface area contributed by atoms with E-state index in [9.17, 15) is 18.5 Å². The minimum atomic E-state index is -3.73. The molecule has 1 saturated heterocycles. The van der Waals surface area contributed by atoms with Crippen LogP contribution in [0, 0.1) is 10.1 Å². The van der Waals surface area contributed by atoms with Crippen molar-refractivity contribution < 1.29 is 18.1 Å². The van der Waals surface area contributed by atoms with Gasteiger partial charge in [-0.2, -0.15) is 0 Å². The zero-order chi connectivity index (χ0) is 20.7. The molecule has 0 radical (unpaired) electrons. The lowest BCUT2D eigenvalue weighted by molar-refractivity contribution is -0.387. The lowest BCUT2D eigenvalue weighted by atomic mass is 9.93. The number of nitro groups is 1. The Kier molecular flexibility index (Phi) is 5.48. The van der Waals surface area contributed by atoms with Gasteiger partial charge in [0.1, 0.15) is 16.0 Å². The number of hydrogen-bond acceptors (Lipinski definition) is 8. The van der Waals surface area contributed by atoms with Crippen LogP contribution in [0.25, 0.3) is 0 Å². The quantitative estimate of drug-likeness (QED) is 0.547. The van der Waals surface area contributed by atoms with Gasteiger partial charge in [0.05, 0.1) is 23.8 Å². The van der Waals surface area contributed by atoms with Gasteiger partial charge in [-0.25, -0.2) is 13.4 Å². The Hall–Kier alpha value is -2.04. The maximum atomic E-state index is 12.0. The molecule has 2 heterocycles. The summed E-state index contributed by atoms with van der Waals surface area (Å²) >= 11 is 1.55. The summed E-state index contributed by atoms with van der Waals surface area (Å²) in [6, 6.07) is 4.20. The summed E-state index contributed by atoms with van der Waals surface area (Å²) in [5.74, 6) is 0. The Labute approximate surface area is 168 Å². The molecule has 0 bridgehead atoms. The van der Waals surface area contributed by atoms with E-state index in [1.807, 2.05) is 10.3 Å². The maximum Gasteiger partial charge on any atom is 0.288 e. The largest absolute Gasteiger partial charge is 0.367 e. The highest BCUT2D eigenvalue weighted by Crippen LogP contribution is 2.34. The molecule has 1 aromatic heterocycles. The van der Waals surface area contributed by atoms with Gasteiger partial charge in [-0.05, 0) is 12.1 Å². The predicted octanol–water partition coefficient (Wildman–Crippen LogP) is 3.33. The number of thiazole rings is 1. The Morgan fingerprint density at radius 2 is 2.07 bits per heavy atom. The molecule has 0 aliphatic carbocycles. The van der Waals surface area contributed by atoms with Gasteiger partial charge < -0.3 is 9.64 Å². The summed E-state index contributed by atoms with van der Waals surface area (Å²) < 4.78 is 29.9. The number of rotatable bonds is 4. The first-order valence-corrected chi connectivity index (χ1v) is 11.5. The summed E-state index contributed by atoms with van der Waals surface area (Å²) in [5.41, 5.74) is 1.16. The van der Waals surface area contributed by atoms with Crippen LogP contribution < -0.4 is 4.90 Å². The fourth-order valence-electron chi connectivity index (χ4n) is 2.96. The van der Waals surface area contributed by atoms with Crippen molar-refractivity contribution in [3.8, 4) is 0 Å². The molecular weight excluding hydrogens is 402 g/mol. The van der Waals surface area contributed by atoms with E-state index in [1.165, 1.54) is 12.1 Å². The normalized spacial score (nSPS) is 18.3. The highest BCUT2D eigenvalue weighted by atomic mass is 32.2. The number of aromatic nitrogens is 1. The van der Waals surface area contributed by atoms with Gasteiger partial charge in [0.2, 0.25) is 0 Å². The Balaban J connectivity index is 1.88. The smallest absolute Gasteiger partial charge is 0.288 e. The molecule has 0 spiro atoms. The predicted molar refractivity (Wildman–Crippen MR) is 108 cm³/mol. The van der Waals surface area contributed by atoms with Crippen LogP contribution >= 0.6 is 11.3 Å². The molecule has 1 aliphatic heterocycles. The van der Waals surface area contributed by atoms with Crippen molar-refractivity contribution in [2.75, 3.05) is 30.9 Å². The molecule has 1 atom stereocenters. The van der Waals surface area contributed by atoms with Crippen LogP contribution in [0.5, 0.6) is 0 Å². The number of ether oxygens (including phenoxy) is 1. The minimum absolute atomic E-state index is 0.0497. The fourth-order valence-corrected chi connectivity index (χ4v) is 4.90. The van der Waals surface area contributed by atoms with Crippen LogP contribution in [0.2, 0.25) is 0 Å². The summed E-state index contributed by atoms with van der Waals surface area (Å²) in [5, 5.41) is 14.1. The van der Waals surface area contributed by atoms with Gasteiger partial charge in [-0.3, -0.25) is 10.1 Å². The monoisotopic (exact) mass is 425 g/mol. The van der Waals surface area contributed by atoms with E-state index in [1.54, 1.807) is 17.4 Å². The van der Waals surface area contributed by atoms with Crippen LogP contribution in [-0.4, -0.2) is 44.3 Å². The van der Waals surface area contributed by atoms with E-state index >= 15 is 0 Å². The minimum Gasteiger partial charge on any atom is -0.367 e. The highest BCUT2D eigenvalue weighted by Gasteiger charge is 2.29. The molecule has 152 valence electrons. The molecule has 3 rings (SSSR count). The molecule has 10 heteroatoms. The molecule has 1 aromatic carbocycles. The SMILES string of the molecule is CC(C)(C)c1csc(C2CN(c3ccc([N+](=O)[O-])c(S(C)(=O)=O)c3)CCO2)n1. The van der Waals surface area contributed by atoms with E-state index in [2.05, 4.69) is 20.8 Å². The standard InChI is InChI=1S/C18H23N3O5S2/c1-18(2,3)16-11-27-17(19-16)14-10-20(7-8-26-14)12-5-6-13(21(22)23)15(9-12)28(4,24)25/h5-6,9,11,14H,7-8,10H2,1-4H3. The van der Waals surface area contributed by atoms with Crippen molar-refractivity contribution in [2.45, 2.75) is 37.2 Å². The number of sulfone groups is 1. The van der Waals surface area contributed by atoms with Crippen molar-refractivity contribution in [2.24, 2.45) is 0 Å². The second-order valence-electron chi connectivity index (χ2n) is 7.81. The zero-order valence-electron chi connectivity index (χ0n) is 16.2. The van der Waals surface area contributed by atoms with Crippen LogP contribution in [0.4, 0.5) is 11.4 Å². The second-order valence-corrected chi connectivity index (χ2v) is 10.7. The van der Waals surface area contributed by atoms with Crippen molar-refractivity contribution in [1.29, 1.82) is 0 Å². The molecular formula is C18H23N3O5S2. The van der Waals surface area contributed by atoms with Gasteiger partial charge in [-0.1, -0.05) is 20.8 Å². The van der Waals surface area contributed by atoms with Crippen molar-refractivity contribution in [1.82, 2.24) is 4.98 Å². The zero-order valence-corrected chi connectivity index (χ0v) is 17.8. The number of nitrogens with zero attached hydrogens (tertiary/aromatic N) is 3. The first kappa shape index (κ1) is 20.7. The highest BCUT2D eigenvalue weighted by molar-refractivity contribution is 7.90. The van der Waals surface area contributed by atoms with Crippen LogP contribution in [0.1, 0.15) is 37.6 Å². The number of nitro benzene ring substituents is 1. The van der Waals surface area contributed by atoms with Crippen LogP contribution in [0.3, 0.4) is 0 Å². The molecule has 0 N–H and O–H groups in total. The Morgan fingerprint density at radius 3 is 2.64 bits per heavy atom. The average molecular weight is 426 g/mol. The second kappa shape index (κ2) is 7.41. The Morgan fingerprint density at radius 1 is 1.36 bits per heavy atom.